The third-order valence-corrected chi connectivity index (χ3v) is 2.48. The van der Waals surface area contributed by atoms with Gasteiger partial charge in [0, 0.05) is 0 Å². The van der Waals surface area contributed by atoms with Gasteiger partial charge in [0.2, 0.25) is 0 Å². The number of hydrogen-bond donors (Lipinski definition) is 1. The second-order valence-corrected chi connectivity index (χ2v) is 3.96. The van der Waals surface area contributed by atoms with E-state index in [0.29, 0.717) is 12.5 Å². The number of unbranched alkanes of at least 4 members (excludes halogenated alkanes) is 1. The van der Waals surface area contributed by atoms with Crippen molar-refractivity contribution in [1.82, 2.24) is 0 Å². The van der Waals surface area contributed by atoms with E-state index >= 15 is 0 Å². The van der Waals surface area contributed by atoms with E-state index in [1.165, 1.54) is 0 Å². The van der Waals surface area contributed by atoms with Crippen LogP contribution >= 0.6 is 0 Å². The molecule has 6 nitrogen and oxygen atoms in total. The maximum absolute atomic E-state index is 12.9. The lowest BCUT2D eigenvalue weighted by Crippen LogP contribution is -2.27. The molecule has 0 bridgehead atoms. The van der Waals surface area contributed by atoms with Gasteiger partial charge in [-0.2, -0.15) is 0 Å². The number of halogens is 1. The molecule has 104 valence electrons. The SMILES string of the molecule is CCCCC(Oc1ccc(F)cc1[N+](=O)[O-])C(=O)O. The third-order valence-electron chi connectivity index (χ3n) is 2.48. The van der Waals surface area contributed by atoms with Gasteiger partial charge in [0.05, 0.1) is 11.0 Å². The first-order valence-corrected chi connectivity index (χ1v) is 5.79. The molecule has 1 N–H and O–H groups in total. The van der Waals surface area contributed by atoms with Gasteiger partial charge in [-0.05, 0) is 25.0 Å². The van der Waals surface area contributed by atoms with Crippen molar-refractivity contribution >= 4 is 11.7 Å². The lowest BCUT2D eigenvalue weighted by atomic mass is 10.1. The molecule has 0 amide bonds. The molecule has 0 aromatic heterocycles. The van der Waals surface area contributed by atoms with E-state index in [2.05, 4.69) is 0 Å². The molecule has 0 saturated carbocycles. The summed E-state index contributed by atoms with van der Waals surface area (Å²) in [5, 5.41) is 19.7. The molecular weight excluding hydrogens is 257 g/mol. The van der Waals surface area contributed by atoms with Crippen LogP contribution in [-0.4, -0.2) is 22.1 Å². The summed E-state index contributed by atoms with van der Waals surface area (Å²) in [6, 6.07) is 2.75. The van der Waals surface area contributed by atoms with E-state index in [1.54, 1.807) is 0 Å². The number of carboxylic acid groups (broad SMARTS) is 1. The predicted octanol–water partition coefficient (Wildman–Crippen LogP) is 2.76. The molecule has 19 heavy (non-hydrogen) atoms. The standard InChI is InChI=1S/C12H14FNO5/c1-2-3-4-11(12(15)16)19-10-6-5-8(13)7-9(10)14(17)18/h5-7,11H,2-4H2,1H3,(H,15,16). The van der Waals surface area contributed by atoms with E-state index in [-0.39, 0.29) is 12.2 Å². The number of benzene rings is 1. The molecule has 7 heteroatoms. The Morgan fingerprint density at radius 1 is 1.58 bits per heavy atom. The highest BCUT2D eigenvalue weighted by Crippen LogP contribution is 2.29. The minimum absolute atomic E-state index is 0.236. The quantitative estimate of drug-likeness (QED) is 0.608. The van der Waals surface area contributed by atoms with Gasteiger partial charge < -0.3 is 9.84 Å². The van der Waals surface area contributed by atoms with Gasteiger partial charge in [-0.1, -0.05) is 13.3 Å². The van der Waals surface area contributed by atoms with E-state index in [9.17, 15) is 19.3 Å². The van der Waals surface area contributed by atoms with Gasteiger partial charge >= 0.3 is 11.7 Å². The van der Waals surface area contributed by atoms with Crippen molar-refractivity contribution in [1.29, 1.82) is 0 Å². The van der Waals surface area contributed by atoms with Crippen molar-refractivity contribution in [3.05, 3.63) is 34.1 Å². The fourth-order valence-electron chi connectivity index (χ4n) is 1.51. The summed E-state index contributed by atoms with van der Waals surface area (Å²) in [6.07, 6.45) is 0.453. The van der Waals surface area contributed by atoms with Crippen LogP contribution in [0.15, 0.2) is 18.2 Å². The number of nitrogens with zero attached hydrogens (tertiary/aromatic N) is 1. The summed E-state index contributed by atoms with van der Waals surface area (Å²) in [7, 11) is 0. The van der Waals surface area contributed by atoms with Gasteiger partial charge in [-0.15, -0.1) is 0 Å². The van der Waals surface area contributed by atoms with Gasteiger partial charge in [-0.25, -0.2) is 9.18 Å². The minimum atomic E-state index is -1.20. The van der Waals surface area contributed by atoms with Crippen LogP contribution in [0, 0.1) is 15.9 Å². The number of carboxylic acids is 1. The summed E-state index contributed by atoms with van der Waals surface area (Å²) >= 11 is 0. The Kier molecular flexibility index (Phi) is 5.23. The fraction of sp³-hybridized carbons (Fsp3) is 0.417. The maximum atomic E-state index is 12.9. The first-order valence-electron chi connectivity index (χ1n) is 5.79. The fourth-order valence-corrected chi connectivity index (χ4v) is 1.51. The normalized spacial score (nSPS) is 11.9. The zero-order valence-corrected chi connectivity index (χ0v) is 10.3. The highest BCUT2D eigenvalue weighted by Gasteiger charge is 2.24. The molecule has 1 rings (SSSR count). The Morgan fingerprint density at radius 2 is 2.26 bits per heavy atom. The number of rotatable bonds is 7. The van der Waals surface area contributed by atoms with Crippen LogP contribution in [0.3, 0.4) is 0 Å². The smallest absolute Gasteiger partial charge is 0.344 e. The molecule has 0 spiro atoms. The minimum Gasteiger partial charge on any atom is -0.479 e. The first-order chi connectivity index (χ1) is 8.95. The second-order valence-electron chi connectivity index (χ2n) is 3.96. The highest BCUT2D eigenvalue weighted by molar-refractivity contribution is 5.73. The summed E-state index contributed by atoms with van der Waals surface area (Å²) in [4.78, 5) is 20.9. The highest BCUT2D eigenvalue weighted by atomic mass is 19.1. The number of hydrogen-bond acceptors (Lipinski definition) is 4. The van der Waals surface area contributed by atoms with E-state index in [0.717, 1.165) is 18.6 Å². The van der Waals surface area contributed by atoms with Crippen molar-refractivity contribution in [3.63, 3.8) is 0 Å². The average Bonchev–Trinajstić information content (AvgIpc) is 2.35. The summed E-state index contributed by atoms with van der Waals surface area (Å²) in [6.45, 7) is 1.89. The topological polar surface area (TPSA) is 89.7 Å². The first kappa shape index (κ1) is 14.9. The lowest BCUT2D eigenvalue weighted by molar-refractivity contribution is -0.386. The maximum Gasteiger partial charge on any atom is 0.344 e. The van der Waals surface area contributed by atoms with Gasteiger partial charge in [0.1, 0.15) is 5.82 Å². The Morgan fingerprint density at radius 3 is 2.79 bits per heavy atom. The number of ether oxygens (including phenoxy) is 1. The molecule has 1 aromatic carbocycles. The van der Waals surface area contributed by atoms with Gasteiger partial charge in [0.25, 0.3) is 0 Å². The predicted molar refractivity (Wildman–Crippen MR) is 64.6 cm³/mol. The Labute approximate surface area is 109 Å². The van der Waals surface area contributed by atoms with Crippen LogP contribution in [0.5, 0.6) is 5.75 Å². The van der Waals surface area contributed by atoms with Crippen molar-refractivity contribution in [3.8, 4) is 5.75 Å². The molecule has 0 fully saturated rings. The van der Waals surface area contributed by atoms with Crippen LogP contribution in [0.4, 0.5) is 10.1 Å². The Hall–Kier alpha value is -2.18. The molecule has 0 heterocycles. The Bertz CT molecular complexity index is 477. The Balaban J connectivity index is 2.95. The molecular formula is C12H14FNO5. The van der Waals surface area contributed by atoms with Crippen LogP contribution < -0.4 is 4.74 Å². The van der Waals surface area contributed by atoms with Gasteiger partial charge in [0.15, 0.2) is 11.9 Å². The zero-order chi connectivity index (χ0) is 14.4. The molecule has 0 aliphatic rings. The van der Waals surface area contributed by atoms with E-state index in [1.807, 2.05) is 6.92 Å². The molecule has 0 radical (unpaired) electrons. The van der Waals surface area contributed by atoms with E-state index in [4.69, 9.17) is 9.84 Å². The van der Waals surface area contributed by atoms with Crippen molar-refractivity contribution < 1.29 is 24.0 Å². The molecule has 1 aromatic rings. The van der Waals surface area contributed by atoms with Crippen LogP contribution in [0.25, 0.3) is 0 Å². The molecule has 0 aliphatic heterocycles. The number of carbonyl (C=O) groups is 1. The van der Waals surface area contributed by atoms with Gasteiger partial charge in [-0.3, -0.25) is 10.1 Å². The summed E-state index contributed by atoms with van der Waals surface area (Å²) in [5.41, 5.74) is -0.581. The summed E-state index contributed by atoms with van der Waals surface area (Å²) in [5.74, 6) is -2.22. The van der Waals surface area contributed by atoms with Crippen LogP contribution in [-0.2, 0) is 4.79 Å². The van der Waals surface area contributed by atoms with Crippen molar-refractivity contribution in [2.24, 2.45) is 0 Å². The zero-order valence-electron chi connectivity index (χ0n) is 10.3. The molecule has 1 unspecified atom stereocenters. The molecule has 1 atom stereocenters. The average molecular weight is 271 g/mol. The number of nitro benzene ring substituents is 1. The second kappa shape index (κ2) is 6.67. The van der Waals surface area contributed by atoms with Crippen molar-refractivity contribution in [2.75, 3.05) is 0 Å². The number of nitro groups is 1. The third kappa shape index (κ3) is 4.20. The largest absolute Gasteiger partial charge is 0.479 e. The van der Waals surface area contributed by atoms with E-state index < -0.39 is 28.5 Å². The molecule has 0 saturated heterocycles. The monoisotopic (exact) mass is 271 g/mol. The number of aliphatic carboxylic acids is 1. The van der Waals surface area contributed by atoms with Crippen LogP contribution in [0.1, 0.15) is 26.2 Å². The molecule has 0 aliphatic carbocycles. The summed E-state index contributed by atoms with van der Waals surface area (Å²) < 4.78 is 18.0. The lowest BCUT2D eigenvalue weighted by Gasteiger charge is -2.14. The van der Waals surface area contributed by atoms with Crippen molar-refractivity contribution in [2.45, 2.75) is 32.3 Å². The van der Waals surface area contributed by atoms with Crippen LogP contribution in [0.2, 0.25) is 0 Å².